The van der Waals surface area contributed by atoms with Crippen molar-refractivity contribution >= 4 is 17.5 Å². The quantitative estimate of drug-likeness (QED) is 0.600. The standard InChI is InChI=1S/C21H25N5O4/c1-14-11-15(7-8-17(14)26(29)30)21(28)25-10-4-5-18(25)20(27)22-12-16-13-24-9-3-2-6-19(24)23-16/h7-8,11,13,18H,2-6,9-10,12H2,1H3,(H,22,27). The van der Waals surface area contributed by atoms with Crippen molar-refractivity contribution in [1.82, 2.24) is 19.8 Å². The zero-order valence-corrected chi connectivity index (χ0v) is 17.0. The Bertz CT molecular complexity index is 976. The van der Waals surface area contributed by atoms with Gasteiger partial charge in [-0.1, -0.05) is 0 Å². The van der Waals surface area contributed by atoms with E-state index in [-0.39, 0.29) is 17.5 Å². The highest BCUT2D eigenvalue weighted by Crippen LogP contribution is 2.24. The molecule has 0 spiro atoms. The summed E-state index contributed by atoms with van der Waals surface area (Å²) in [5, 5.41) is 13.9. The molecule has 1 aromatic carbocycles. The molecule has 0 bridgehead atoms. The second-order valence-electron chi connectivity index (χ2n) is 7.93. The van der Waals surface area contributed by atoms with E-state index in [1.165, 1.54) is 18.2 Å². The molecule has 9 nitrogen and oxygen atoms in total. The van der Waals surface area contributed by atoms with Gasteiger partial charge in [0.05, 0.1) is 17.2 Å². The van der Waals surface area contributed by atoms with Gasteiger partial charge in [0.25, 0.3) is 11.6 Å². The van der Waals surface area contributed by atoms with Crippen LogP contribution >= 0.6 is 0 Å². The Morgan fingerprint density at radius 1 is 1.27 bits per heavy atom. The average Bonchev–Trinajstić information content (AvgIpc) is 3.37. The van der Waals surface area contributed by atoms with Gasteiger partial charge in [-0.15, -0.1) is 0 Å². The molecule has 1 saturated heterocycles. The van der Waals surface area contributed by atoms with Crippen LogP contribution in [0.4, 0.5) is 5.69 Å². The highest BCUT2D eigenvalue weighted by Gasteiger charge is 2.34. The topological polar surface area (TPSA) is 110 Å². The van der Waals surface area contributed by atoms with Crippen LogP contribution in [-0.2, 0) is 24.3 Å². The summed E-state index contributed by atoms with van der Waals surface area (Å²) in [6.07, 6.45) is 6.60. The number of nitrogens with one attached hydrogen (secondary N) is 1. The SMILES string of the molecule is Cc1cc(C(=O)N2CCCC2C(=O)NCc2cn3c(n2)CCCC3)ccc1[N+](=O)[O-]. The van der Waals surface area contributed by atoms with Crippen molar-refractivity contribution in [3.63, 3.8) is 0 Å². The number of imidazole rings is 1. The van der Waals surface area contributed by atoms with Crippen LogP contribution in [0.5, 0.6) is 0 Å². The van der Waals surface area contributed by atoms with E-state index < -0.39 is 11.0 Å². The Hall–Kier alpha value is -3.23. The largest absolute Gasteiger partial charge is 0.349 e. The first-order valence-corrected chi connectivity index (χ1v) is 10.3. The molecule has 2 amide bonds. The highest BCUT2D eigenvalue weighted by atomic mass is 16.6. The van der Waals surface area contributed by atoms with E-state index in [2.05, 4.69) is 14.9 Å². The van der Waals surface area contributed by atoms with E-state index in [0.717, 1.165) is 43.7 Å². The zero-order valence-electron chi connectivity index (χ0n) is 17.0. The first-order chi connectivity index (χ1) is 14.4. The number of aryl methyl sites for hydroxylation is 3. The molecule has 9 heteroatoms. The second kappa shape index (κ2) is 8.25. The molecule has 2 aliphatic rings. The van der Waals surface area contributed by atoms with Crippen LogP contribution in [0.2, 0.25) is 0 Å². The summed E-state index contributed by atoms with van der Waals surface area (Å²) in [5.74, 6) is 0.602. The van der Waals surface area contributed by atoms with Crippen molar-refractivity contribution in [3.8, 4) is 0 Å². The molecule has 2 aliphatic heterocycles. The van der Waals surface area contributed by atoms with Gasteiger partial charge >= 0.3 is 0 Å². The molecule has 0 radical (unpaired) electrons. The maximum absolute atomic E-state index is 13.0. The van der Waals surface area contributed by atoms with Gasteiger partial charge in [0.1, 0.15) is 11.9 Å². The van der Waals surface area contributed by atoms with Crippen molar-refractivity contribution in [1.29, 1.82) is 0 Å². The fourth-order valence-electron chi connectivity index (χ4n) is 4.29. The van der Waals surface area contributed by atoms with Crippen molar-refractivity contribution in [2.75, 3.05) is 6.54 Å². The number of carbonyl (C=O) groups excluding carboxylic acids is 2. The van der Waals surface area contributed by atoms with E-state index in [1.807, 2.05) is 6.20 Å². The van der Waals surface area contributed by atoms with Crippen molar-refractivity contribution in [2.45, 2.75) is 58.2 Å². The summed E-state index contributed by atoms with van der Waals surface area (Å²) in [4.78, 5) is 42.4. The van der Waals surface area contributed by atoms with Gasteiger partial charge < -0.3 is 14.8 Å². The molecule has 3 heterocycles. The molecule has 1 aromatic heterocycles. The number of carbonyl (C=O) groups is 2. The number of nitro benzene ring substituents is 1. The van der Waals surface area contributed by atoms with Gasteiger partial charge in [-0.3, -0.25) is 19.7 Å². The number of nitro groups is 1. The monoisotopic (exact) mass is 411 g/mol. The molecule has 0 saturated carbocycles. The summed E-state index contributed by atoms with van der Waals surface area (Å²) >= 11 is 0. The molecule has 2 aromatic rings. The summed E-state index contributed by atoms with van der Waals surface area (Å²) in [6.45, 7) is 3.41. The smallest absolute Gasteiger partial charge is 0.272 e. The van der Waals surface area contributed by atoms with Gasteiger partial charge in [0.15, 0.2) is 0 Å². The van der Waals surface area contributed by atoms with E-state index in [9.17, 15) is 19.7 Å². The molecular weight excluding hydrogens is 386 g/mol. The maximum atomic E-state index is 13.0. The zero-order chi connectivity index (χ0) is 21.3. The van der Waals surface area contributed by atoms with Gasteiger partial charge in [0, 0.05) is 42.9 Å². The lowest BCUT2D eigenvalue weighted by Gasteiger charge is -2.24. The number of likely N-dealkylation sites (tertiary alicyclic amines) is 1. The molecule has 0 aliphatic carbocycles. The predicted molar refractivity (Wildman–Crippen MR) is 109 cm³/mol. The number of nitrogens with zero attached hydrogens (tertiary/aromatic N) is 4. The van der Waals surface area contributed by atoms with E-state index in [1.54, 1.807) is 11.8 Å². The third-order valence-electron chi connectivity index (χ3n) is 5.86. The van der Waals surface area contributed by atoms with E-state index in [4.69, 9.17) is 0 Å². The molecule has 1 N–H and O–H groups in total. The Morgan fingerprint density at radius 3 is 2.83 bits per heavy atom. The number of amides is 2. The van der Waals surface area contributed by atoms with Gasteiger partial charge in [-0.25, -0.2) is 4.98 Å². The van der Waals surface area contributed by atoms with Crippen LogP contribution in [-0.4, -0.2) is 43.8 Å². The fourth-order valence-corrected chi connectivity index (χ4v) is 4.29. The number of benzene rings is 1. The minimum absolute atomic E-state index is 0.0231. The molecule has 1 atom stereocenters. The molecule has 1 fully saturated rings. The van der Waals surface area contributed by atoms with Crippen LogP contribution in [0.15, 0.2) is 24.4 Å². The van der Waals surface area contributed by atoms with Crippen LogP contribution in [0.25, 0.3) is 0 Å². The lowest BCUT2D eigenvalue weighted by Crippen LogP contribution is -2.45. The molecule has 1 unspecified atom stereocenters. The molecule has 158 valence electrons. The van der Waals surface area contributed by atoms with E-state index >= 15 is 0 Å². The Labute approximate surface area is 174 Å². The fraction of sp³-hybridized carbons (Fsp3) is 0.476. The first-order valence-electron chi connectivity index (χ1n) is 10.3. The summed E-state index contributed by atoms with van der Waals surface area (Å²) in [6, 6.07) is 3.78. The second-order valence-corrected chi connectivity index (χ2v) is 7.93. The lowest BCUT2D eigenvalue weighted by molar-refractivity contribution is -0.385. The number of aromatic nitrogens is 2. The normalized spacial score (nSPS) is 18.2. The number of hydrogen-bond donors (Lipinski definition) is 1. The average molecular weight is 411 g/mol. The number of fused-ring (bicyclic) bond motifs is 1. The van der Waals surface area contributed by atoms with Crippen LogP contribution in [0, 0.1) is 17.0 Å². The minimum Gasteiger partial charge on any atom is -0.349 e. The predicted octanol–water partition coefficient (Wildman–Crippen LogP) is 2.36. The first kappa shape index (κ1) is 20.1. The Balaban J connectivity index is 1.41. The summed E-state index contributed by atoms with van der Waals surface area (Å²) < 4.78 is 2.15. The Kier molecular flexibility index (Phi) is 5.52. The summed E-state index contributed by atoms with van der Waals surface area (Å²) in [7, 11) is 0. The van der Waals surface area contributed by atoms with Crippen molar-refractivity contribution in [2.24, 2.45) is 0 Å². The minimum atomic E-state index is -0.537. The molecule has 4 rings (SSSR count). The number of hydrogen-bond acceptors (Lipinski definition) is 5. The lowest BCUT2D eigenvalue weighted by atomic mass is 10.1. The van der Waals surface area contributed by atoms with Gasteiger partial charge in [-0.05, 0) is 44.7 Å². The van der Waals surface area contributed by atoms with Crippen LogP contribution < -0.4 is 5.32 Å². The number of rotatable bonds is 5. The van der Waals surface area contributed by atoms with Gasteiger partial charge in [0.2, 0.25) is 5.91 Å². The van der Waals surface area contributed by atoms with Gasteiger partial charge in [-0.2, -0.15) is 0 Å². The van der Waals surface area contributed by atoms with E-state index in [0.29, 0.717) is 30.6 Å². The highest BCUT2D eigenvalue weighted by molar-refractivity contribution is 5.98. The Morgan fingerprint density at radius 2 is 2.10 bits per heavy atom. The van der Waals surface area contributed by atoms with Crippen molar-refractivity contribution < 1.29 is 14.5 Å². The van der Waals surface area contributed by atoms with Crippen LogP contribution in [0.3, 0.4) is 0 Å². The maximum Gasteiger partial charge on any atom is 0.272 e. The molecular formula is C21H25N5O4. The third-order valence-corrected chi connectivity index (χ3v) is 5.86. The van der Waals surface area contributed by atoms with Crippen LogP contribution in [0.1, 0.15) is 53.1 Å². The summed E-state index contributed by atoms with van der Waals surface area (Å²) in [5.41, 5.74) is 1.60. The molecule has 30 heavy (non-hydrogen) atoms. The third kappa shape index (κ3) is 3.92. The van der Waals surface area contributed by atoms with Crippen molar-refractivity contribution in [3.05, 3.63) is 57.2 Å².